The number of anilines is 1. The van der Waals surface area contributed by atoms with E-state index < -0.39 is 0 Å². The Labute approximate surface area is 149 Å². The third-order valence-corrected chi connectivity index (χ3v) is 5.45. The van der Waals surface area contributed by atoms with Crippen LogP contribution in [0, 0.1) is 0 Å². The summed E-state index contributed by atoms with van der Waals surface area (Å²) in [6.45, 7) is 3.83. The van der Waals surface area contributed by atoms with Crippen LogP contribution in [0.25, 0.3) is 10.2 Å². The number of benzene rings is 1. The molecular formula is C16H19N7OS. The Bertz CT molecular complexity index is 806. The molecule has 0 spiro atoms. The summed E-state index contributed by atoms with van der Waals surface area (Å²) in [4.78, 5) is 21.3. The molecule has 1 amide bonds. The van der Waals surface area contributed by atoms with Crippen LogP contribution in [-0.2, 0) is 11.3 Å². The summed E-state index contributed by atoms with van der Waals surface area (Å²) in [6.07, 6.45) is 2.85. The van der Waals surface area contributed by atoms with Crippen LogP contribution in [0.1, 0.15) is 12.8 Å². The Morgan fingerprint density at radius 1 is 1.16 bits per heavy atom. The van der Waals surface area contributed by atoms with Crippen LogP contribution in [0.5, 0.6) is 0 Å². The lowest BCUT2D eigenvalue weighted by atomic mass is 10.2. The Balaban J connectivity index is 1.28. The second-order valence-electron chi connectivity index (χ2n) is 6.01. The van der Waals surface area contributed by atoms with Gasteiger partial charge in [0.15, 0.2) is 5.13 Å². The van der Waals surface area contributed by atoms with Crippen LogP contribution in [0.15, 0.2) is 30.6 Å². The van der Waals surface area contributed by atoms with Crippen LogP contribution in [0.2, 0.25) is 0 Å². The summed E-state index contributed by atoms with van der Waals surface area (Å²) in [5.74, 6) is 0.206. The molecule has 0 radical (unpaired) electrons. The van der Waals surface area contributed by atoms with Crippen molar-refractivity contribution in [3.63, 3.8) is 0 Å². The fourth-order valence-corrected chi connectivity index (χ4v) is 3.99. The molecule has 1 saturated heterocycles. The third-order valence-electron chi connectivity index (χ3n) is 4.35. The van der Waals surface area contributed by atoms with Crippen LogP contribution in [-0.4, -0.2) is 62.2 Å². The van der Waals surface area contributed by atoms with Gasteiger partial charge < -0.3 is 9.80 Å². The fourth-order valence-electron chi connectivity index (χ4n) is 2.98. The van der Waals surface area contributed by atoms with Crippen molar-refractivity contribution in [1.29, 1.82) is 0 Å². The molecule has 25 heavy (non-hydrogen) atoms. The molecule has 3 aromatic rings. The van der Waals surface area contributed by atoms with E-state index >= 15 is 0 Å². The zero-order valence-electron chi connectivity index (χ0n) is 13.8. The number of fused-ring (bicyclic) bond motifs is 1. The average molecular weight is 357 g/mol. The Hall–Kier alpha value is -2.55. The molecule has 0 saturated carbocycles. The first-order valence-electron chi connectivity index (χ1n) is 8.39. The maximum Gasteiger partial charge on any atom is 0.222 e. The maximum absolute atomic E-state index is 12.3. The van der Waals surface area contributed by atoms with Gasteiger partial charge in [-0.25, -0.2) is 9.67 Å². The number of aryl methyl sites for hydroxylation is 1. The molecule has 1 aliphatic heterocycles. The highest BCUT2D eigenvalue weighted by Gasteiger charge is 2.22. The van der Waals surface area contributed by atoms with Gasteiger partial charge in [0, 0.05) is 39.1 Å². The van der Waals surface area contributed by atoms with E-state index in [2.05, 4.69) is 26.5 Å². The minimum Gasteiger partial charge on any atom is -0.345 e. The number of tetrazole rings is 1. The van der Waals surface area contributed by atoms with E-state index in [-0.39, 0.29) is 5.91 Å². The summed E-state index contributed by atoms with van der Waals surface area (Å²) in [6, 6.07) is 8.19. The highest BCUT2D eigenvalue weighted by Crippen LogP contribution is 2.29. The highest BCUT2D eigenvalue weighted by molar-refractivity contribution is 7.22. The minimum atomic E-state index is 0.206. The zero-order chi connectivity index (χ0) is 17.1. The normalized spacial score (nSPS) is 15.0. The van der Waals surface area contributed by atoms with Crippen molar-refractivity contribution in [2.24, 2.45) is 0 Å². The summed E-state index contributed by atoms with van der Waals surface area (Å²) in [7, 11) is 0. The van der Waals surface area contributed by atoms with E-state index in [1.165, 1.54) is 4.70 Å². The summed E-state index contributed by atoms with van der Waals surface area (Å²) in [5.41, 5.74) is 1.05. The molecule has 1 fully saturated rings. The van der Waals surface area contributed by atoms with Crippen LogP contribution < -0.4 is 4.90 Å². The van der Waals surface area contributed by atoms with Crippen molar-refractivity contribution < 1.29 is 4.79 Å². The summed E-state index contributed by atoms with van der Waals surface area (Å²) in [5, 5.41) is 12.0. The van der Waals surface area contributed by atoms with Crippen molar-refractivity contribution in [1.82, 2.24) is 30.1 Å². The number of carbonyl (C=O) groups excluding carboxylic acids is 1. The number of carbonyl (C=O) groups is 1. The Kier molecular flexibility index (Phi) is 4.55. The lowest BCUT2D eigenvalue weighted by molar-refractivity contribution is -0.131. The number of piperazine rings is 1. The van der Waals surface area contributed by atoms with Gasteiger partial charge in [-0.05, 0) is 29.0 Å². The lowest BCUT2D eigenvalue weighted by Crippen LogP contribution is -2.48. The minimum absolute atomic E-state index is 0.206. The molecule has 0 bridgehead atoms. The van der Waals surface area contributed by atoms with Crippen molar-refractivity contribution >= 4 is 32.6 Å². The SMILES string of the molecule is O=C(CCCn1cnnn1)N1CCN(c2nc3ccccc3s2)CC1. The topological polar surface area (TPSA) is 80.0 Å². The Morgan fingerprint density at radius 3 is 2.76 bits per heavy atom. The van der Waals surface area contributed by atoms with E-state index in [9.17, 15) is 4.79 Å². The van der Waals surface area contributed by atoms with E-state index in [4.69, 9.17) is 4.98 Å². The van der Waals surface area contributed by atoms with Crippen molar-refractivity contribution in [3.8, 4) is 0 Å². The smallest absolute Gasteiger partial charge is 0.222 e. The number of nitrogens with zero attached hydrogens (tertiary/aromatic N) is 7. The first-order chi connectivity index (χ1) is 12.3. The molecule has 0 aliphatic carbocycles. The number of amides is 1. The van der Waals surface area contributed by atoms with Gasteiger partial charge in [0.2, 0.25) is 5.91 Å². The molecule has 8 nitrogen and oxygen atoms in total. The van der Waals surface area contributed by atoms with Gasteiger partial charge in [-0.3, -0.25) is 4.79 Å². The van der Waals surface area contributed by atoms with Gasteiger partial charge in [-0.2, -0.15) is 0 Å². The lowest BCUT2D eigenvalue weighted by Gasteiger charge is -2.34. The molecule has 1 aromatic carbocycles. The van der Waals surface area contributed by atoms with Gasteiger partial charge in [0.1, 0.15) is 6.33 Å². The first kappa shape index (κ1) is 15.9. The molecule has 2 aromatic heterocycles. The zero-order valence-corrected chi connectivity index (χ0v) is 14.6. The summed E-state index contributed by atoms with van der Waals surface area (Å²) >= 11 is 1.72. The van der Waals surface area contributed by atoms with Gasteiger partial charge in [0.25, 0.3) is 0 Å². The number of hydrogen-bond donors (Lipinski definition) is 0. The molecule has 9 heteroatoms. The van der Waals surface area contributed by atoms with E-state index in [0.29, 0.717) is 13.0 Å². The van der Waals surface area contributed by atoms with Gasteiger partial charge in [-0.1, -0.05) is 23.5 Å². The second-order valence-corrected chi connectivity index (χ2v) is 7.02. The number of aromatic nitrogens is 5. The van der Waals surface area contributed by atoms with Crippen LogP contribution >= 0.6 is 11.3 Å². The van der Waals surface area contributed by atoms with Crippen LogP contribution in [0.4, 0.5) is 5.13 Å². The van der Waals surface area contributed by atoms with Crippen molar-refractivity contribution in [3.05, 3.63) is 30.6 Å². The molecule has 3 heterocycles. The standard InChI is InChI=1S/C16H19N7OS/c24-15(6-3-7-23-12-17-19-20-23)21-8-10-22(11-9-21)16-18-13-4-1-2-5-14(13)25-16/h1-2,4-5,12H,3,6-11H2. The second kappa shape index (κ2) is 7.14. The number of hydrogen-bond acceptors (Lipinski definition) is 7. The molecule has 0 unspecified atom stereocenters. The van der Waals surface area contributed by atoms with Gasteiger partial charge in [0.05, 0.1) is 10.2 Å². The molecule has 0 N–H and O–H groups in total. The van der Waals surface area contributed by atoms with Crippen molar-refractivity contribution in [2.75, 3.05) is 31.1 Å². The van der Waals surface area contributed by atoms with Gasteiger partial charge in [-0.15, -0.1) is 5.10 Å². The Morgan fingerprint density at radius 2 is 2.00 bits per heavy atom. The third kappa shape index (κ3) is 3.60. The molecule has 4 rings (SSSR count). The largest absolute Gasteiger partial charge is 0.345 e. The molecular weight excluding hydrogens is 338 g/mol. The maximum atomic E-state index is 12.3. The number of rotatable bonds is 5. The van der Waals surface area contributed by atoms with Gasteiger partial charge >= 0.3 is 0 Å². The highest BCUT2D eigenvalue weighted by atomic mass is 32.1. The number of para-hydroxylation sites is 1. The molecule has 1 aliphatic rings. The van der Waals surface area contributed by atoms with Crippen molar-refractivity contribution in [2.45, 2.75) is 19.4 Å². The average Bonchev–Trinajstić information content (AvgIpc) is 3.31. The molecule has 130 valence electrons. The molecule has 0 atom stereocenters. The predicted molar refractivity (Wildman–Crippen MR) is 95.5 cm³/mol. The summed E-state index contributed by atoms with van der Waals surface area (Å²) < 4.78 is 2.86. The van der Waals surface area contributed by atoms with Crippen LogP contribution in [0.3, 0.4) is 0 Å². The first-order valence-corrected chi connectivity index (χ1v) is 9.20. The van der Waals surface area contributed by atoms with E-state index in [1.807, 2.05) is 23.1 Å². The van der Waals surface area contributed by atoms with E-state index in [1.54, 1.807) is 22.3 Å². The fraction of sp³-hybridized carbons (Fsp3) is 0.438. The predicted octanol–water partition coefficient (Wildman–Crippen LogP) is 1.41. The van der Waals surface area contributed by atoms with E-state index in [0.717, 1.165) is 43.2 Å². The monoisotopic (exact) mass is 357 g/mol. The number of thiazole rings is 1. The quantitative estimate of drug-likeness (QED) is 0.687.